The summed E-state index contributed by atoms with van der Waals surface area (Å²) in [7, 11) is 0. The Kier molecular flexibility index (Phi) is 4.74. The molecule has 0 radical (unpaired) electrons. The molecule has 1 aromatic rings. The smallest absolute Gasteiger partial charge is 0.249 e. The highest BCUT2D eigenvalue weighted by molar-refractivity contribution is 7.10. The molecule has 1 saturated heterocycles. The monoisotopic (exact) mass is 268 g/mol. The Hall–Kier alpha value is -0.910. The van der Waals surface area contributed by atoms with Crippen LogP contribution in [0.5, 0.6) is 0 Å². The molecule has 2 unspecified atom stereocenters. The van der Waals surface area contributed by atoms with Crippen LogP contribution < -0.4 is 11.1 Å². The number of amides is 1. The summed E-state index contributed by atoms with van der Waals surface area (Å²) >= 11 is 1.57. The number of ether oxygens (including phenoxy) is 1. The molecule has 100 valence electrons. The first-order valence-electron chi connectivity index (χ1n) is 6.40. The van der Waals surface area contributed by atoms with E-state index in [-0.39, 0.29) is 5.91 Å². The van der Waals surface area contributed by atoms with Crippen LogP contribution in [0.25, 0.3) is 0 Å². The van der Waals surface area contributed by atoms with E-state index in [2.05, 4.69) is 12.2 Å². The first kappa shape index (κ1) is 13.5. The minimum Gasteiger partial charge on any atom is -0.378 e. The van der Waals surface area contributed by atoms with Crippen LogP contribution in [-0.4, -0.2) is 25.2 Å². The van der Waals surface area contributed by atoms with E-state index in [1.807, 2.05) is 11.4 Å². The van der Waals surface area contributed by atoms with Gasteiger partial charge >= 0.3 is 0 Å². The van der Waals surface area contributed by atoms with E-state index >= 15 is 0 Å². The average molecular weight is 268 g/mol. The summed E-state index contributed by atoms with van der Waals surface area (Å²) in [6, 6.07) is 1.86. The number of hydrogen-bond donors (Lipinski definition) is 2. The number of nitrogens with one attached hydrogen (secondary N) is 1. The van der Waals surface area contributed by atoms with Crippen molar-refractivity contribution in [2.45, 2.75) is 32.4 Å². The summed E-state index contributed by atoms with van der Waals surface area (Å²) in [4.78, 5) is 12.1. The lowest BCUT2D eigenvalue weighted by molar-refractivity contribution is 0.0872. The van der Waals surface area contributed by atoms with Crippen molar-refractivity contribution in [3.8, 4) is 0 Å². The van der Waals surface area contributed by atoms with Gasteiger partial charge in [-0.25, -0.2) is 0 Å². The summed E-state index contributed by atoms with van der Waals surface area (Å²) in [5.74, 6) is 0.262. The molecule has 1 fully saturated rings. The molecular weight excluding hydrogens is 248 g/mol. The van der Waals surface area contributed by atoms with E-state index in [1.165, 1.54) is 0 Å². The Morgan fingerprint density at radius 1 is 1.67 bits per heavy atom. The Morgan fingerprint density at radius 3 is 3.17 bits per heavy atom. The normalized spacial score (nSPS) is 23.4. The lowest BCUT2D eigenvalue weighted by Gasteiger charge is -2.16. The van der Waals surface area contributed by atoms with Crippen LogP contribution in [0.4, 0.5) is 0 Å². The van der Waals surface area contributed by atoms with Crippen LogP contribution >= 0.6 is 11.3 Å². The van der Waals surface area contributed by atoms with Crippen LogP contribution in [0.15, 0.2) is 11.4 Å². The Morgan fingerprint density at radius 2 is 2.50 bits per heavy atom. The zero-order chi connectivity index (χ0) is 13.0. The lowest BCUT2D eigenvalue weighted by atomic mass is 10.00. The molecule has 18 heavy (non-hydrogen) atoms. The van der Waals surface area contributed by atoms with Gasteiger partial charge in [-0.15, -0.1) is 11.3 Å². The van der Waals surface area contributed by atoms with Crippen molar-refractivity contribution in [1.29, 1.82) is 0 Å². The van der Waals surface area contributed by atoms with Crippen molar-refractivity contribution in [3.05, 3.63) is 21.9 Å². The van der Waals surface area contributed by atoms with Crippen molar-refractivity contribution in [3.63, 3.8) is 0 Å². The van der Waals surface area contributed by atoms with Crippen molar-refractivity contribution < 1.29 is 9.53 Å². The molecule has 0 aromatic carbocycles. The van der Waals surface area contributed by atoms with Gasteiger partial charge in [-0.05, 0) is 24.8 Å². The predicted octanol–water partition coefficient (Wildman–Crippen LogP) is 1.75. The van der Waals surface area contributed by atoms with E-state index in [9.17, 15) is 4.79 Å². The quantitative estimate of drug-likeness (QED) is 0.826. The zero-order valence-corrected chi connectivity index (χ0v) is 11.5. The SMILES string of the molecule is CCC1OCCC1CNCc1cc(C(N)=O)cs1. The Bertz CT molecular complexity index is 405. The minimum atomic E-state index is -0.354. The third-order valence-corrected chi connectivity index (χ3v) is 4.33. The fourth-order valence-electron chi connectivity index (χ4n) is 2.36. The highest BCUT2D eigenvalue weighted by atomic mass is 32.1. The van der Waals surface area contributed by atoms with Gasteiger partial charge in [0.25, 0.3) is 0 Å². The second-order valence-electron chi connectivity index (χ2n) is 4.66. The van der Waals surface area contributed by atoms with Crippen LogP contribution in [0.1, 0.15) is 35.0 Å². The largest absolute Gasteiger partial charge is 0.378 e. The minimum absolute atomic E-state index is 0.354. The van der Waals surface area contributed by atoms with E-state index in [1.54, 1.807) is 11.3 Å². The van der Waals surface area contributed by atoms with Crippen LogP contribution in [0, 0.1) is 5.92 Å². The topological polar surface area (TPSA) is 64.3 Å². The second-order valence-corrected chi connectivity index (χ2v) is 5.66. The van der Waals surface area contributed by atoms with Gasteiger partial charge in [-0.2, -0.15) is 0 Å². The third kappa shape index (κ3) is 3.31. The van der Waals surface area contributed by atoms with Crippen molar-refractivity contribution >= 4 is 17.2 Å². The molecule has 1 amide bonds. The lowest BCUT2D eigenvalue weighted by Crippen LogP contribution is -2.27. The maximum absolute atomic E-state index is 11.0. The Balaban J connectivity index is 1.76. The molecule has 2 atom stereocenters. The van der Waals surface area contributed by atoms with Gasteiger partial charge in [-0.3, -0.25) is 4.79 Å². The van der Waals surface area contributed by atoms with Gasteiger partial charge in [0, 0.05) is 30.0 Å². The molecule has 2 heterocycles. The first-order chi connectivity index (χ1) is 8.70. The summed E-state index contributed by atoms with van der Waals surface area (Å²) in [5.41, 5.74) is 5.83. The molecule has 1 aromatic heterocycles. The number of carbonyl (C=O) groups is 1. The van der Waals surface area contributed by atoms with Gasteiger partial charge in [0.05, 0.1) is 11.7 Å². The molecule has 1 aliphatic rings. The molecule has 3 N–H and O–H groups in total. The van der Waals surface area contributed by atoms with Gasteiger partial charge in [0.15, 0.2) is 0 Å². The maximum Gasteiger partial charge on any atom is 0.249 e. The molecule has 5 heteroatoms. The van der Waals surface area contributed by atoms with E-state index in [4.69, 9.17) is 10.5 Å². The number of thiophene rings is 1. The molecule has 0 spiro atoms. The fraction of sp³-hybridized carbons (Fsp3) is 0.615. The maximum atomic E-state index is 11.0. The highest BCUT2D eigenvalue weighted by Gasteiger charge is 2.25. The standard InChI is InChI=1S/C13H20N2O2S/c1-2-12-9(3-4-17-12)6-15-7-11-5-10(8-18-11)13(14)16/h5,8-9,12,15H,2-4,6-7H2,1H3,(H2,14,16). The molecule has 0 aliphatic carbocycles. The molecule has 1 aliphatic heterocycles. The fourth-order valence-corrected chi connectivity index (χ4v) is 3.20. The molecule has 4 nitrogen and oxygen atoms in total. The van der Waals surface area contributed by atoms with Crippen molar-refractivity contribution in [1.82, 2.24) is 5.32 Å². The number of rotatable bonds is 6. The van der Waals surface area contributed by atoms with Crippen LogP contribution in [0.2, 0.25) is 0 Å². The first-order valence-corrected chi connectivity index (χ1v) is 7.28. The molecule has 0 saturated carbocycles. The van der Waals surface area contributed by atoms with Gasteiger partial charge < -0.3 is 15.8 Å². The molecule has 2 rings (SSSR count). The number of nitrogens with two attached hydrogens (primary N) is 1. The highest BCUT2D eigenvalue weighted by Crippen LogP contribution is 2.22. The summed E-state index contributed by atoms with van der Waals surface area (Å²) in [6.07, 6.45) is 2.63. The van der Waals surface area contributed by atoms with E-state index < -0.39 is 0 Å². The predicted molar refractivity (Wildman–Crippen MR) is 72.7 cm³/mol. The summed E-state index contributed by atoms with van der Waals surface area (Å²) in [5, 5.41) is 5.25. The number of carbonyl (C=O) groups excluding carboxylic acids is 1. The van der Waals surface area contributed by atoms with Crippen LogP contribution in [-0.2, 0) is 11.3 Å². The third-order valence-electron chi connectivity index (χ3n) is 3.39. The zero-order valence-electron chi connectivity index (χ0n) is 10.6. The van der Waals surface area contributed by atoms with E-state index in [0.29, 0.717) is 17.6 Å². The van der Waals surface area contributed by atoms with Crippen LogP contribution in [0.3, 0.4) is 0 Å². The van der Waals surface area contributed by atoms with Gasteiger partial charge in [0.1, 0.15) is 0 Å². The van der Waals surface area contributed by atoms with Crippen molar-refractivity contribution in [2.75, 3.05) is 13.2 Å². The average Bonchev–Trinajstić information content (AvgIpc) is 2.97. The van der Waals surface area contributed by atoms with Gasteiger partial charge in [-0.1, -0.05) is 6.92 Å². The number of primary amides is 1. The Labute approximate surface area is 112 Å². The van der Waals surface area contributed by atoms with Crippen molar-refractivity contribution in [2.24, 2.45) is 11.7 Å². The summed E-state index contributed by atoms with van der Waals surface area (Å²) < 4.78 is 5.65. The van der Waals surface area contributed by atoms with Gasteiger partial charge in [0.2, 0.25) is 5.91 Å². The van der Waals surface area contributed by atoms with E-state index in [0.717, 1.165) is 37.4 Å². The summed E-state index contributed by atoms with van der Waals surface area (Å²) in [6.45, 7) is 4.82. The molecule has 0 bridgehead atoms. The number of hydrogen-bond acceptors (Lipinski definition) is 4. The second kappa shape index (κ2) is 6.31. The molecular formula is C13H20N2O2S.